The van der Waals surface area contributed by atoms with Gasteiger partial charge in [0, 0.05) is 6.54 Å². The largest absolute Gasteiger partial charge is 0.281 e. The van der Waals surface area contributed by atoms with E-state index in [0.717, 1.165) is 12.8 Å². The highest BCUT2D eigenvalue weighted by Crippen LogP contribution is 2.44. The Kier molecular flexibility index (Phi) is 2.35. The molecule has 1 aliphatic rings. The first-order chi connectivity index (χ1) is 6.93. The molecule has 0 aromatic carbocycles. The van der Waals surface area contributed by atoms with E-state index in [0.29, 0.717) is 12.2 Å². The van der Waals surface area contributed by atoms with Crippen LogP contribution in [0.5, 0.6) is 0 Å². The summed E-state index contributed by atoms with van der Waals surface area (Å²) in [6.07, 6.45) is 3.53. The van der Waals surface area contributed by atoms with Crippen LogP contribution in [0.3, 0.4) is 0 Å². The Hall–Kier alpha value is -0.880. The highest BCUT2D eigenvalue weighted by molar-refractivity contribution is 7.89. The fourth-order valence-electron chi connectivity index (χ4n) is 1.35. The lowest BCUT2D eigenvalue weighted by molar-refractivity contribution is 0.530. The third-order valence-electron chi connectivity index (χ3n) is 2.87. The van der Waals surface area contributed by atoms with Gasteiger partial charge in [0.2, 0.25) is 10.0 Å². The summed E-state index contributed by atoms with van der Waals surface area (Å²) in [5.41, 5.74) is 0.744. The zero-order valence-corrected chi connectivity index (χ0v) is 9.69. The molecule has 1 heterocycles. The van der Waals surface area contributed by atoms with Crippen molar-refractivity contribution in [3.8, 4) is 0 Å². The molecule has 0 aliphatic heterocycles. The Labute approximate surface area is 89.3 Å². The molecule has 6 heteroatoms. The Morgan fingerprint density at radius 1 is 1.60 bits per heavy atom. The van der Waals surface area contributed by atoms with Crippen LogP contribution < -0.4 is 4.72 Å². The quantitative estimate of drug-likeness (QED) is 0.801. The summed E-state index contributed by atoms with van der Waals surface area (Å²) >= 11 is 0. The van der Waals surface area contributed by atoms with Crippen molar-refractivity contribution >= 4 is 10.0 Å². The zero-order chi connectivity index (χ0) is 11.1. The van der Waals surface area contributed by atoms with E-state index in [1.807, 2.05) is 0 Å². The molecule has 84 valence electrons. The van der Waals surface area contributed by atoms with Crippen LogP contribution in [0.2, 0.25) is 0 Å². The second kappa shape index (κ2) is 3.31. The van der Waals surface area contributed by atoms with Gasteiger partial charge in [-0.25, -0.2) is 13.1 Å². The standard InChI is InChI=1S/C9H15N3O2S/c1-7-8(5-10-12-7)15(13,14)11-6-9(2)3-4-9/h5,11H,3-4,6H2,1-2H3,(H,10,12). The Balaban J connectivity index is 2.10. The first-order valence-electron chi connectivity index (χ1n) is 4.93. The number of sulfonamides is 1. The molecule has 1 saturated carbocycles. The van der Waals surface area contributed by atoms with Gasteiger partial charge < -0.3 is 0 Å². The number of nitrogens with one attached hydrogen (secondary N) is 2. The third-order valence-corrected chi connectivity index (χ3v) is 4.38. The van der Waals surface area contributed by atoms with Crippen LogP contribution in [-0.4, -0.2) is 25.2 Å². The summed E-state index contributed by atoms with van der Waals surface area (Å²) in [5, 5.41) is 6.32. The van der Waals surface area contributed by atoms with Crippen LogP contribution in [-0.2, 0) is 10.0 Å². The number of hydrogen-bond acceptors (Lipinski definition) is 3. The second-order valence-electron chi connectivity index (χ2n) is 4.49. The van der Waals surface area contributed by atoms with Crippen molar-refractivity contribution in [2.75, 3.05) is 6.54 Å². The van der Waals surface area contributed by atoms with Gasteiger partial charge in [-0.15, -0.1) is 0 Å². The van der Waals surface area contributed by atoms with Gasteiger partial charge in [0.1, 0.15) is 4.90 Å². The molecule has 1 fully saturated rings. The fraction of sp³-hybridized carbons (Fsp3) is 0.667. The average molecular weight is 229 g/mol. The van der Waals surface area contributed by atoms with E-state index in [4.69, 9.17) is 0 Å². The van der Waals surface area contributed by atoms with Gasteiger partial charge >= 0.3 is 0 Å². The minimum Gasteiger partial charge on any atom is -0.281 e. The van der Waals surface area contributed by atoms with Crippen LogP contribution >= 0.6 is 0 Å². The van der Waals surface area contributed by atoms with Crippen LogP contribution in [0, 0.1) is 12.3 Å². The van der Waals surface area contributed by atoms with Crippen molar-refractivity contribution in [3.05, 3.63) is 11.9 Å². The molecule has 0 amide bonds. The second-order valence-corrected chi connectivity index (χ2v) is 6.23. The predicted octanol–water partition coefficient (Wildman–Crippen LogP) is 0.797. The van der Waals surface area contributed by atoms with Crippen molar-refractivity contribution < 1.29 is 8.42 Å². The summed E-state index contributed by atoms with van der Waals surface area (Å²) in [7, 11) is -3.38. The molecule has 0 spiro atoms. The molecule has 0 bridgehead atoms. The Morgan fingerprint density at radius 2 is 2.27 bits per heavy atom. The van der Waals surface area contributed by atoms with Gasteiger partial charge in [0.05, 0.1) is 11.9 Å². The van der Waals surface area contributed by atoms with Gasteiger partial charge in [-0.1, -0.05) is 6.92 Å². The highest BCUT2D eigenvalue weighted by atomic mass is 32.2. The summed E-state index contributed by atoms with van der Waals surface area (Å²) in [6.45, 7) is 4.29. The van der Waals surface area contributed by atoms with Gasteiger partial charge in [-0.2, -0.15) is 5.10 Å². The van der Waals surface area contributed by atoms with Crippen LogP contribution in [0.4, 0.5) is 0 Å². The maximum absolute atomic E-state index is 11.8. The number of rotatable bonds is 4. The molecular formula is C9H15N3O2S. The minimum atomic E-state index is -3.38. The monoisotopic (exact) mass is 229 g/mol. The molecule has 2 rings (SSSR count). The lowest BCUT2D eigenvalue weighted by Gasteiger charge is -2.09. The molecule has 0 atom stereocenters. The van der Waals surface area contributed by atoms with Crippen LogP contribution in [0.25, 0.3) is 0 Å². The van der Waals surface area contributed by atoms with E-state index in [1.165, 1.54) is 6.20 Å². The topological polar surface area (TPSA) is 74.8 Å². The van der Waals surface area contributed by atoms with E-state index < -0.39 is 10.0 Å². The van der Waals surface area contributed by atoms with Gasteiger partial charge in [0.15, 0.2) is 0 Å². The first kappa shape index (κ1) is 10.6. The van der Waals surface area contributed by atoms with Crippen molar-refractivity contribution in [2.24, 2.45) is 5.41 Å². The van der Waals surface area contributed by atoms with Crippen LogP contribution in [0.15, 0.2) is 11.1 Å². The maximum atomic E-state index is 11.8. The first-order valence-corrected chi connectivity index (χ1v) is 6.41. The van der Waals surface area contributed by atoms with E-state index in [2.05, 4.69) is 21.8 Å². The van der Waals surface area contributed by atoms with Crippen molar-refractivity contribution in [3.63, 3.8) is 0 Å². The van der Waals surface area contributed by atoms with Gasteiger partial charge in [0.25, 0.3) is 0 Å². The van der Waals surface area contributed by atoms with E-state index >= 15 is 0 Å². The molecule has 0 radical (unpaired) electrons. The number of hydrogen-bond donors (Lipinski definition) is 2. The molecule has 1 aromatic rings. The average Bonchev–Trinajstić information content (AvgIpc) is 2.72. The zero-order valence-electron chi connectivity index (χ0n) is 8.87. The van der Waals surface area contributed by atoms with E-state index in [9.17, 15) is 8.42 Å². The summed E-state index contributed by atoms with van der Waals surface area (Å²) in [5.74, 6) is 0. The number of nitrogens with zero attached hydrogens (tertiary/aromatic N) is 1. The SMILES string of the molecule is Cc1[nH]ncc1S(=O)(=O)NCC1(C)CC1. The molecule has 0 unspecified atom stereocenters. The molecule has 2 N–H and O–H groups in total. The molecule has 15 heavy (non-hydrogen) atoms. The van der Waals surface area contributed by atoms with Gasteiger partial charge in [-0.3, -0.25) is 5.10 Å². The van der Waals surface area contributed by atoms with E-state index in [-0.39, 0.29) is 10.3 Å². The minimum absolute atomic E-state index is 0.171. The van der Waals surface area contributed by atoms with Crippen molar-refractivity contribution in [1.82, 2.24) is 14.9 Å². The Bertz CT molecular complexity index is 459. The number of aryl methyl sites for hydroxylation is 1. The summed E-state index contributed by atoms with van der Waals surface area (Å²) in [4.78, 5) is 0.242. The number of H-pyrrole nitrogens is 1. The van der Waals surface area contributed by atoms with Crippen LogP contribution in [0.1, 0.15) is 25.5 Å². The van der Waals surface area contributed by atoms with Gasteiger partial charge in [-0.05, 0) is 25.2 Å². The molecular weight excluding hydrogens is 214 g/mol. The lowest BCUT2D eigenvalue weighted by Crippen LogP contribution is -2.29. The Morgan fingerprint density at radius 3 is 2.73 bits per heavy atom. The predicted molar refractivity (Wildman–Crippen MR) is 55.9 cm³/mol. The summed E-state index contributed by atoms with van der Waals surface area (Å²) in [6, 6.07) is 0. The molecule has 0 saturated heterocycles. The number of aromatic amines is 1. The maximum Gasteiger partial charge on any atom is 0.243 e. The summed E-state index contributed by atoms with van der Waals surface area (Å²) < 4.78 is 26.3. The van der Waals surface area contributed by atoms with Crippen molar-refractivity contribution in [2.45, 2.75) is 31.6 Å². The van der Waals surface area contributed by atoms with Crippen molar-refractivity contribution in [1.29, 1.82) is 0 Å². The fourth-order valence-corrected chi connectivity index (χ4v) is 2.68. The lowest BCUT2D eigenvalue weighted by atomic mass is 10.2. The third kappa shape index (κ3) is 2.21. The number of aromatic nitrogens is 2. The van der Waals surface area contributed by atoms with E-state index in [1.54, 1.807) is 6.92 Å². The molecule has 1 aromatic heterocycles. The molecule has 5 nitrogen and oxygen atoms in total. The molecule has 1 aliphatic carbocycles. The highest BCUT2D eigenvalue weighted by Gasteiger charge is 2.38. The normalized spacial score (nSPS) is 19.1. The smallest absolute Gasteiger partial charge is 0.243 e.